The fourth-order valence-electron chi connectivity index (χ4n) is 4.41. The molecule has 0 N–H and O–H groups in total. The zero-order valence-electron chi connectivity index (χ0n) is 16.9. The van der Waals surface area contributed by atoms with Crippen LogP contribution < -0.4 is 14.4 Å². The molecule has 29 heavy (non-hydrogen) atoms. The second kappa shape index (κ2) is 8.15. The van der Waals surface area contributed by atoms with Gasteiger partial charge in [0, 0.05) is 31.2 Å². The topological polar surface area (TPSA) is 59.1 Å². The number of amides is 2. The standard InChI is InChI=1S/C23H26N2O4/c1-28-20-9-5-7-18(22(20)29-2)23(27)24-14-12-17(13-15-24)25-19-8-4-3-6-16(19)10-11-21(25)26/h3-9,17H,10-15H2,1-2H3. The van der Waals surface area contributed by atoms with Gasteiger partial charge in [-0.1, -0.05) is 24.3 Å². The minimum atomic E-state index is -0.0652. The van der Waals surface area contributed by atoms with E-state index in [1.54, 1.807) is 32.4 Å². The van der Waals surface area contributed by atoms with Gasteiger partial charge in [0.25, 0.3) is 5.91 Å². The number of rotatable bonds is 4. The molecule has 6 heteroatoms. The Hall–Kier alpha value is -3.02. The first-order valence-corrected chi connectivity index (χ1v) is 10.0. The largest absolute Gasteiger partial charge is 0.493 e. The Bertz CT molecular complexity index is 919. The van der Waals surface area contributed by atoms with Crippen molar-refractivity contribution < 1.29 is 19.1 Å². The number of aryl methyl sites for hydroxylation is 1. The Morgan fingerprint density at radius 2 is 1.72 bits per heavy atom. The third-order valence-electron chi connectivity index (χ3n) is 5.88. The summed E-state index contributed by atoms with van der Waals surface area (Å²) in [6, 6.07) is 13.6. The maximum absolute atomic E-state index is 13.1. The first kappa shape index (κ1) is 19.3. The number of hydrogen-bond acceptors (Lipinski definition) is 4. The number of piperidine rings is 1. The van der Waals surface area contributed by atoms with E-state index in [0.717, 1.165) is 24.9 Å². The SMILES string of the molecule is COc1cccc(C(=O)N2CCC(N3C(=O)CCc4ccccc43)CC2)c1OC. The molecular formula is C23H26N2O4. The number of carbonyl (C=O) groups is 2. The summed E-state index contributed by atoms with van der Waals surface area (Å²) in [5.41, 5.74) is 2.76. The zero-order valence-corrected chi connectivity index (χ0v) is 16.9. The highest BCUT2D eigenvalue weighted by atomic mass is 16.5. The summed E-state index contributed by atoms with van der Waals surface area (Å²) in [6.45, 7) is 1.21. The molecule has 0 aliphatic carbocycles. The summed E-state index contributed by atoms with van der Waals surface area (Å²) in [7, 11) is 3.10. The summed E-state index contributed by atoms with van der Waals surface area (Å²) >= 11 is 0. The Morgan fingerprint density at radius 1 is 0.966 bits per heavy atom. The average Bonchev–Trinajstić information content (AvgIpc) is 2.78. The van der Waals surface area contributed by atoms with Crippen LogP contribution in [0.1, 0.15) is 35.2 Å². The number of benzene rings is 2. The molecule has 2 heterocycles. The maximum Gasteiger partial charge on any atom is 0.257 e. The Labute approximate surface area is 171 Å². The van der Waals surface area contributed by atoms with E-state index in [-0.39, 0.29) is 17.9 Å². The molecule has 0 aromatic heterocycles. The lowest BCUT2D eigenvalue weighted by Crippen LogP contribution is -2.50. The van der Waals surface area contributed by atoms with Crippen LogP contribution in [0.25, 0.3) is 0 Å². The molecule has 0 unspecified atom stereocenters. The number of carbonyl (C=O) groups excluding carboxylic acids is 2. The lowest BCUT2D eigenvalue weighted by atomic mass is 9.95. The van der Waals surface area contributed by atoms with Gasteiger partial charge in [-0.25, -0.2) is 0 Å². The molecular weight excluding hydrogens is 368 g/mol. The van der Waals surface area contributed by atoms with Crippen molar-refractivity contribution >= 4 is 17.5 Å². The van der Waals surface area contributed by atoms with Crippen molar-refractivity contribution in [1.82, 2.24) is 4.90 Å². The molecule has 0 saturated carbocycles. The van der Waals surface area contributed by atoms with Gasteiger partial charge in [-0.15, -0.1) is 0 Å². The number of anilines is 1. The van der Waals surface area contributed by atoms with E-state index in [1.165, 1.54) is 5.56 Å². The van der Waals surface area contributed by atoms with Gasteiger partial charge in [0.2, 0.25) is 5.91 Å². The molecule has 0 spiro atoms. The van der Waals surface area contributed by atoms with Crippen molar-refractivity contribution in [3.63, 3.8) is 0 Å². The molecule has 2 aliphatic rings. The van der Waals surface area contributed by atoms with E-state index in [4.69, 9.17) is 9.47 Å². The van der Waals surface area contributed by atoms with Crippen molar-refractivity contribution in [3.8, 4) is 11.5 Å². The number of para-hydroxylation sites is 2. The molecule has 1 saturated heterocycles. The number of ether oxygens (including phenoxy) is 2. The van der Waals surface area contributed by atoms with Gasteiger partial charge in [0.15, 0.2) is 11.5 Å². The third-order valence-corrected chi connectivity index (χ3v) is 5.88. The van der Waals surface area contributed by atoms with Gasteiger partial charge in [0.1, 0.15) is 0 Å². The highest BCUT2D eigenvalue weighted by molar-refractivity contribution is 5.98. The van der Waals surface area contributed by atoms with Crippen LogP contribution in [0, 0.1) is 0 Å². The molecule has 0 radical (unpaired) electrons. The van der Waals surface area contributed by atoms with Crippen LogP contribution >= 0.6 is 0 Å². The predicted octanol–water partition coefficient (Wildman–Crippen LogP) is 3.29. The summed E-state index contributed by atoms with van der Waals surface area (Å²) in [5.74, 6) is 1.12. The van der Waals surface area contributed by atoms with Crippen LogP contribution in [0.4, 0.5) is 5.69 Å². The summed E-state index contributed by atoms with van der Waals surface area (Å²) in [6.07, 6.45) is 2.88. The smallest absolute Gasteiger partial charge is 0.257 e. The summed E-state index contributed by atoms with van der Waals surface area (Å²) in [4.78, 5) is 29.6. The predicted molar refractivity (Wildman–Crippen MR) is 111 cm³/mol. The van der Waals surface area contributed by atoms with E-state index in [0.29, 0.717) is 36.6 Å². The fraction of sp³-hybridized carbons (Fsp3) is 0.391. The molecule has 0 atom stereocenters. The van der Waals surface area contributed by atoms with Crippen molar-refractivity contribution in [3.05, 3.63) is 53.6 Å². The second-order valence-electron chi connectivity index (χ2n) is 7.46. The van der Waals surface area contributed by atoms with Crippen molar-refractivity contribution in [2.75, 3.05) is 32.2 Å². The van der Waals surface area contributed by atoms with Gasteiger partial charge >= 0.3 is 0 Å². The van der Waals surface area contributed by atoms with Gasteiger partial charge < -0.3 is 19.3 Å². The first-order valence-electron chi connectivity index (χ1n) is 10.0. The number of likely N-dealkylation sites (tertiary alicyclic amines) is 1. The lowest BCUT2D eigenvalue weighted by molar-refractivity contribution is -0.119. The van der Waals surface area contributed by atoms with E-state index < -0.39 is 0 Å². The molecule has 4 rings (SSSR count). The van der Waals surface area contributed by atoms with E-state index in [9.17, 15) is 9.59 Å². The second-order valence-corrected chi connectivity index (χ2v) is 7.46. The Balaban J connectivity index is 1.49. The normalized spacial score (nSPS) is 17.1. The van der Waals surface area contributed by atoms with Gasteiger partial charge in [-0.05, 0) is 43.0 Å². The van der Waals surface area contributed by atoms with E-state index in [1.807, 2.05) is 28.0 Å². The van der Waals surface area contributed by atoms with Crippen LogP contribution in [-0.2, 0) is 11.2 Å². The van der Waals surface area contributed by atoms with Crippen LogP contribution in [0.3, 0.4) is 0 Å². The van der Waals surface area contributed by atoms with Crippen LogP contribution in [0.5, 0.6) is 11.5 Å². The molecule has 2 aliphatic heterocycles. The van der Waals surface area contributed by atoms with E-state index in [2.05, 4.69) is 6.07 Å². The minimum absolute atomic E-state index is 0.0652. The molecule has 2 amide bonds. The molecule has 6 nitrogen and oxygen atoms in total. The van der Waals surface area contributed by atoms with Crippen LogP contribution in [-0.4, -0.2) is 50.1 Å². The highest BCUT2D eigenvalue weighted by Gasteiger charge is 2.34. The molecule has 1 fully saturated rings. The minimum Gasteiger partial charge on any atom is -0.493 e. The van der Waals surface area contributed by atoms with Crippen molar-refractivity contribution in [2.24, 2.45) is 0 Å². The molecule has 2 aromatic rings. The maximum atomic E-state index is 13.1. The first-order chi connectivity index (χ1) is 14.1. The van der Waals surface area contributed by atoms with Crippen molar-refractivity contribution in [2.45, 2.75) is 31.7 Å². The molecule has 0 bridgehead atoms. The van der Waals surface area contributed by atoms with Crippen molar-refractivity contribution in [1.29, 1.82) is 0 Å². The summed E-state index contributed by atoms with van der Waals surface area (Å²) in [5, 5.41) is 0. The van der Waals surface area contributed by atoms with Crippen LogP contribution in [0.15, 0.2) is 42.5 Å². The monoisotopic (exact) mass is 394 g/mol. The molecule has 2 aromatic carbocycles. The van der Waals surface area contributed by atoms with Gasteiger partial charge in [-0.2, -0.15) is 0 Å². The zero-order chi connectivity index (χ0) is 20.4. The fourth-order valence-corrected chi connectivity index (χ4v) is 4.41. The quantitative estimate of drug-likeness (QED) is 0.799. The number of hydrogen-bond donors (Lipinski definition) is 0. The van der Waals surface area contributed by atoms with E-state index >= 15 is 0 Å². The van der Waals surface area contributed by atoms with Gasteiger partial charge in [-0.3, -0.25) is 9.59 Å². The average molecular weight is 394 g/mol. The number of nitrogens with zero attached hydrogens (tertiary/aromatic N) is 2. The summed E-state index contributed by atoms with van der Waals surface area (Å²) < 4.78 is 10.7. The Morgan fingerprint density at radius 3 is 2.45 bits per heavy atom. The van der Waals surface area contributed by atoms with Crippen LogP contribution in [0.2, 0.25) is 0 Å². The van der Waals surface area contributed by atoms with Gasteiger partial charge in [0.05, 0.1) is 19.8 Å². The number of fused-ring (bicyclic) bond motifs is 1. The Kier molecular flexibility index (Phi) is 5.43. The highest BCUT2D eigenvalue weighted by Crippen LogP contribution is 2.34. The molecule has 152 valence electrons. The number of methoxy groups -OCH3 is 2. The third kappa shape index (κ3) is 3.55. The lowest BCUT2D eigenvalue weighted by Gasteiger charge is -2.41.